The van der Waals surface area contributed by atoms with E-state index in [1.807, 2.05) is 32.9 Å². The molecule has 1 N–H and O–H groups in total. The number of rotatable bonds is 4. The number of nitrogens with zero attached hydrogens (tertiary/aromatic N) is 2. The Hall–Kier alpha value is -1.84. The van der Waals surface area contributed by atoms with Crippen molar-refractivity contribution in [3.05, 3.63) is 28.2 Å². The van der Waals surface area contributed by atoms with Crippen LogP contribution in [0.5, 0.6) is 5.75 Å². The highest BCUT2D eigenvalue weighted by Gasteiger charge is 2.46. The molecule has 2 heterocycles. The summed E-state index contributed by atoms with van der Waals surface area (Å²) in [5, 5.41) is 11.5. The minimum absolute atomic E-state index is 0.143. The SMILES string of the molecule is COc1ccc(C(C(=O)N2CCN(C(=O)OC(C)(C)C)CC2)C2(O)CCOCC2)cc1Br. The summed E-state index contributed by atoms with van der Waals surface area (Å²) in [6, 6.07) is 5.46. The normalized spacial score (nSPS) is 19.9. The number of amides is 2. The third kappa shape index (κ3) is 5.74. The van der Waals surface area contributed by atoms with Crippen LogP contribution >= 0.6 is 15.9 Å². The van der Waals surface area contributed by atoms with Crippen LogP contribution in [-0.4, -0.2) is 84.6 Å². The molecule has 32 heavy (non-hydrogen) atoms. The molecular formula is C23H33BrN2O6. The van der Waals surface area contributed by atoms with Gasteiger partial charge in [0.25, 0.3) is 0 Å². The number of benzene rings is 1. The van der Waals surface area contributed by atoms with E-state index in [1.165, 1.54) is 0 Å². The summed E-state index contributed by atoms with van der Waals surface area (Å²) in [4.78, 5) is 29.4. The predicted molar refractivity (Wildman–Crippen MR) is 123 cm³/mol. The van der Waals surface area contributed by atoms with Crippen LogP contribution in [0.3, 0.4) is 0 Å². The smallest absolute Gasteiger partial charge is 0.410 e. The van der Waals surface area contributed by atoms with Gasteiger partial charge in [-0.2, -0.15) is 0 Å². The quantitative estimate of drug-likeness (QED) is 0.666. The van der Waals surface area contributed by atoms with E-state index in [2.05, 4.69) is 15.9 Å². The molecule has 2 aliphatic heterocycles. The molecule has 0 radical (unpaired) electrons. The molecule has 9 heteroatoms. The number of aliphatic hydroxyl groups is 1. The summed E-state index contributed by atoms with van der Waals surface area (Å²) in [6.45, 7) is 7.86. The molecule has 3 rings (SSSR count). The first-order chi connectivity index (χ1) is 15.0. The first-order valence-electron chi connectivity index (χ1n) is 10.9. The number of carbonyl (C=O) groups excluding carboxylic acids is 2. The van der Waals surface area contributed by atoms with E-state index in [1.54, 1.807) is 23.0 Å². The molecule has 2 aliphatic rings. The van der Waals surface area contributed by atoms with Gasteiger partial charge in [-0.1, -0.05) is 6.07 Å². The molecule has 2 saturated heterocycles. The third-order valence-electron chi connectivity index (χ3n) is 5.90. The number of carbonyl (C=O) groups is 2. The number of hydrogen-bond acceptors (Lipinski definition) is 6. The van der Waals surface area contributed by atoms with Crippen molar-refractivity contribution >= 4 is 27.9 Å². The van der Waals surface area contributed by atoms with Gasteiger partial charge in [0, 0.05) is 52.2 Å². The Balaban J connectivity index is 1.79. The van der Waals surface area contributed by atoms with Crippen molar-refractivity contribution in [3.8, 4) is 5.75 Å². The molecule has 0 spiro atoms. The highest BCUT2D eigenvalue weighted by Crippen LogP contribution is 2.40. The second-order valence-electron chi connectivity index (χ2n) is 9.34. The lowest BCUT2D eigenvalue weighted by Crippen LogP contribution is -2.55. The molecule has 1 atom stereocenters. The van der Waals surface area contributed by atoms with Crippen LogP contribution in [0.4, 0.5) is 4.79 Å². The standard InChI is InChI=1S/C23H33BrN2O6/c1-22(2,3)32-21(28)26-11-9-25(10-12-26)20(27)19(23(29)7-13-31-14-8-23)16-5-6-18(30-4)17(24)15-16/h5-6,15,19,29H,7-14H2,1-4H3. The lowest BCUT2D eigenvalue weighted by atomic mass is 9.76. The van der Waals surface area contributed by atoms with E-state index < -0.39 is 17.1 Å². The largest absolute Gasteiger partial charge is 0.496 e. The molecule has 1 aromatic carbocycles. The maximum absolute atomic E-state index is 13.7. The lowest BCUT2D eigenvalue weighted by Gasteiger charge is -2.42. The molecule has 178 valence electrons. The Bertz CT molecular complexity index is 826. The van der Waals surface area contributed by atoms with E-state index in [-0.39, 0.29) is 12.0 Å². The maximum atomic E-state index is 13.7. The average molecular weight is 513 g/mol. The number of ether oxygens (including phenoxy) is 3. The van der Waals surface area contributed by atoms with Crippen LogP contribution in [0.2, 0.25) is 0 Å². The van der Waals surface area contributed by atoms with Crippen LogP contribution < -0.4 is 4.74 Å². The van der Waals surface area contributed by atoms with Crippen LogP contribution in [-0.2, 0) is 14.3 Å². The van der Waals surface area contributed by atoms with Gasteiger partial charge in [-0.05, 0) is 54.4 Å². The predicted octanol–water partition coefficient (Wildman–Crippen LogP) is 3.16. The van der Waals surface area contributed by atoms with Crippen molar-refractivity contribution in [2.45, 2.75) is 50.7 Å². The van der Waals surface area contributed by atoms with Gasteiger partial charge in [0.1, 0.15) is 11.4 Å². The van der Waals surface area contributed by atoms with E-state index in [0.29, 0.717) is 58.0 Å². The van der Waals surface area contributed by atoms with E-state index in [9.17, 15) is 14.7 Å². The van der Waals surface area contributed by atoms with Crippen molar-refractivity contribution in [2.24, 2.45) is 0 Å². The van der Waals surface area contributed by atoms with Crippen LogP contribution in [0.1, 0.15) is 45.1 Å². The summed E-state index contributed by atoms with van der Waals surface area (Å²) in [6.07, 6.45) is 0.388. The molecule has 2 amide bonds. The van der Waals surface area contributed by atoms with Crippen molar-refractivity contribution < 1.29 is 28.9 Å². The summed E-state index contributed by atoms with van der Waals surface area (Å²) in [5.74, 6) is -0.220. The maximum Gasteiger partial charge on any atom is 0.410 e. The van der Waals surface area contributed by atoms with E-state index >= 15 is 0 Å². The molecule has 1 aromatic rings. The first-order valence-corrected chi connectivity index (χ1v) is 11.7. The minimum Gasteiger partial charge on any atom is -0.496 e. The zero-order chi connectivity index (χ0) is 23.5. The van der Waals surface area contributed by atoms with Crippen LogP contribution in [0, 0.1) is 0 Å². The Labute approximate surface area is 197 Å². The first kappa shape index (κ1) is 24.8. The summed E-state index contributed by atoms with van der Waals surface area (Å²) in [5.41, 5.74) is -1.05. The molecule has 0 aliphatic carbocycles. The molecule has 1 unspecified atom stereocenters. The molecular weight excluding hydrogens is 480 g/mol. The van der Waals surface area contributed by atoms with Gasteiger partial charge in [-0.15, -0.1) is 0 Å². The van der Waals surface area contributed by atoms with E-state index in [4.69, 9.17) is 14.2 Å². The van der Waals surface area contributed by atoms with Crippen molar-refractivity contribution in [1.82, 2.24) is 9.80 Å². The zero-order valence-corrected chi connectivity index (χ0v) is 20.8. The molecule has 0 aromatic heterocycles. The van der Waals surface area contributed by atoms with Gasteiger partial charge >= 0.3 is 6.09 Å². The van der Waals surface area contributed by atoms with Crippen LogP contribution in [0.25, 0.3) is 0 Å². The molecule has 2 fully saturated rings. The van der Waals surface area contributed by atoms with E-state index in [0.717, 1.165) is 10.0 Å². The number of halogens is 1. The number of methoxy groups -OCH3 is 1. The fourth-order valence-corrected chi connectivity index (χ4v) is 4.74. The lowest BCUT2D eigenvalue weighted by molar-refractivity contribution is -0.147. The second kappa shape index (κ2) is 9.97. The Morgan fingerprint density at radius 3 is 2.25 bits per heavy atom. The van der Waals surface area contributed by atoms with Gasteiger partial charge in [0.15, 0.2) is 0 Å². The highest BCUT2D eigenvalue weighted by atomic mass is 79.9. The summed E-state index contributed by atoms with van der Waals surface area (Å²) >= 11 is 3.50. The molecule has 0 saturated carbocycles. The summed E-state index contributed by atoms with van der Waals surface area (Å²) < 4.78 is 16.9. The highest BCUT2D eigenvalue weighted by molar-refractivity contribution is 9.10. The number of piperazine rings is 1. The third-order valence-corrected chi connectivity index (χ3v) is 6.51. The fraction of sp³-hybridized carbons (Fsp3) is 0.652. The van der Waals surface area contributed by atoms with Gasteiger partial charge < -0.3 is 29.1 Å². The van der Waals surface area contributed by atoms with Gasteiger partial charge in [-0.25, -0.2) is 4.79 Å². The topological polar surface area (TPSA) is 88.5 Å². The Morgan fingerprint density at radius 2 is 1.72 bits per heavy atom. The monoisotopic (exact) mass is 512 g/mol. The Kier molecular flexibility index (Phi) is 7.73. The van der Waals surface area contributed by atoms with Crippen molar-refractivity contribution in [2.75, 3.05) is 46.5 Å². The second-order valence-corrected chi connectivity index (χ2v) is 10.2. The van der Waals surface area contributed by atoms with Gasteiger partial charge in [0.05, 0.1) is 23.1 Å². The molecule has 0 bridgehead atoms. The van der Waals surface area contributed by atoms with Crippen LogP contribution in [0.15, 0.2) is 22.7 Å². The van der Waals surface area contributed by atoms with Crippen molar-refractivity contribution in [3.63, 3.8) is 0 Å². The average Bonchev–Trinajstić information content (AvgIpc) is 2.73. The van der Waals surface area contributed by atoms with Gasteiger partial charge in [0.2, 0.25) is 5.91 Å². The number of hydrogen-bond donors (Lipinski definition) is 1. The summed E-state index contributed by atoms with van der Waals surface area (Å²) in [7, 11) is 1.58. The minimum atomic E-state index is -1.20. The molecule has 8 nitrogen and oxygen atoms in total. The van der Waals surface area contributed by atoms with Gasteiger partial charge in [-0.3, -0.25) is 4.79 Å². The Morgan fingerprint density at radius 1 is 1.12 bits per heavy atom. The van der Waals surface area contributed by atoms with Crippen molar-refractivity contribution in [1.29, 1.82) is 0 Å². The fourth-order valence-electron chi connectivity index (χ4n) is 4.18. The zero-order valence-electron chi connectivity index (χ0n) is 19.2.